The van der Waals surface area contributed by atoms with Gasteiger partial charge in [-0.05, 0) is 81.2 Å². The van der Waals surface area contributed by atoms with Crippen LogP contribution in [0.15, 0.2) is 12.7 Å². The molecule has 0 spiro atoms. The van der Waals surface area contributed by atoms with Gasteiger partial charge in [-0.3, -0.25) is 9.59 Å². The lowest BCUT2D eigenvalue weighted by atomic mass is 9.42. The molecule has 0 radical (unpaired) electrons. The Kier molecular flexibility index (Phi) is 8.29. The van der Waals surface area contributed by atoms with Gasteiger partial charge >= 0.3 is 5.97 Å². The zero-order chi connectivity index (χ0) is 30.2. The number of ketones is 1. The van der Waals surface area contributed by atoms with Crippen LogP contribution in [-0.2, 0) is 27.9 Å². The predicted molar refractivity (Wildman–Crippen MR) is 162 cm³/mol. The number of fused-ring (bicyclic) bond motifs is 3. The highest BCUT2D eigenvalue weighted by atomic mass is 28.4. The highest BCUT2D eigenvalue weighted by Gasteiger charge is 2.74. The van der Waals surface area contributed by atoms with Gasteiger partial charge in [-0.1, -0.05) is 54.0 Å². The lowest BCUT2D eigenvalue weighted by Gasteiger charge is -2.69. The van der Waals surface area contributed by atoms with Gasteiger partial charge in [0.25, 0.3) is 0 Å². The molecule has 8 heteroatoms. The number of Topliss-reactive ketones (excluding diaryl/α,β-unsaturated/α-hetero) is 1. The van der Waals surface area contributed by atoms with Crippen molar-refractivity contribution < 1.29 is 27.9 Å². The molecule has 2 aliphatic carbocycles. The summed E-state index contributed by atoms with van der Waals surface area (Å²) in [6.45, 7) is 33.6. The van der Waals surface area contributed by atoms with Crippen molar-refractivity contribution in [1.29, 1.82) is 0 Å². The maximum Gasteiger partial charge on any atom is 0.303 e. The van der Waals surface area contributed by atoms with Crippen LogP contribution in [0.3, 0.4) is 0 Å². The quantitative estimate of drug-likeness (QED) is 0.187. The highest BCUT2D eigenvalue weighted by molar-refractivity contribution is 6.74. The predicted octanol–water partition coefficient (Wildman–Crippen LogP) is 7.29. The van der Waals surface area contributed by atoms with E-state index in [0.29, 0.717) is 0 Å². The van der Waals surface area contributed by atoms with Gasteiger partial charge in [-0.15, -0.1) is 6.58 Å². The Balaban J connectivity index is 2.31. The summed E-state index contributed by atoms with van der Waals surface area (Å²) in [4.78, 5) is 27.7. The van der Waals surface area contributed by atoms with Crippen LogP contribution in [0.4, 0.5) is 0 Å². The lowest BCUT2D eigenvalue weighted by Crippen LogP contribution is -2.79. The van der Waals surface area contributed by atoms with Crippen molar-refractivity contribution in [3.63, 3.8) is 0 Å². The molecule has 3 rings (SSSR count). The first-order valence-corrected chi connectivity index (χ1v) is 21.1. The Labute approximate surface area is 240 Å². The molecule has 1 aliphatic heterocycles. The van der Waals surface area contributed by atoms with E-state index in [0.717, 1.165) is 19.3 Å². The minimum atomic E-state index is -2.36. The topological polar surface area (TPSA) is 71.1 Å². The van der Waals surface area contributed by atoms with Gasteiger partial charge in [-0.25, -0.2) is 0 Å². The minimum Gasteiger partial charge on any atom is -0.457 e. The van der Waals surface area contributed by atoms with E-state index in [1.54, 1.807) is 6.08 Å². The largest absolute Gasteiger partial charge is 0.457 e. The molecule has 0 N–H and O–H groups in total. The van der Waals surface area contributed by atoms with Crippen LogP contribution in [0, 0.1) is 22.7 Å². The van der Waals surface area contributed by atoms with Gasteiger partial charge in [0, 0.05) is 6.92 Å². The summed E-state index contributed by atoms with van der Waals surface area (Å²) in [5.41, 5.74) is -2.74. The molecule has 0 bridgehead atoms. The van der Waals surface area contributed by atoms with Crippen LogP contribution < -0.4 is 0 Å². The Hall–Kier alpha value is -0.806. The molecular weight excluding hydrogens is 525 g/mol. The fourth-order valence-electron chi connectivity index (χ4n) is 7.97. The monoisotopic (exact) mass is 580 g/mol. The van der Waals surface area contributed by atoms with E-state index in [4.69, 9.17) is 18.3 Å². The van der Waals surface area contributed by atoms with E-state index >= 15 is 4.79 Å². The molecule has 1 saturated heterocycles. The van der Waals surface area contributed by atoms with Gasteiger partial charge in [-0.2, -0.15) is 0 Å². The second kappa shape index (κ2) is 9.89. The van der Waals surface area contributed by atoms with Gasteiger partial charge < -0.3 is 18.3 Å². The van der Waals surface area contributed by atoms with Crippen LogP contribution in [0.2, 0.25) is 37.8 Å². The molecule has 0 aromatic rings. The maximum atomic E-state index is 15.0. The Morgan fingerprint density at radius 1 is 1.03 bits per heavy atom. The molecule has 6 nitrogen and oxygen atoms in total. The van der Waals surface area contributed by atoms with Crippen molar-refractivity contribution in [3.05, 3.63) is 12.7 Å². The molecule has 224 valence electrons. The first-order chi connectivity index (χ1) is 17.4. The molecule has 0 unspecified atom stereocenters. The molecular formula is C31H56O6Si2. The van der Waals surface area contributed by atoms with Gasteiger partial charge in [0.05, 0.1) is 12.0 Å². The zero-order valence-corrected chi connectivity index (χ0v) is 29.2. The average Bonchev–Trinajstić information content (AvgIpc) is 2.70. The summed E-state index contributed by atoms with van der Waals surface area (Å²) in [7, 11) is -4.45. The fraction of sp³-hybridized carbons (Fsp3) is 0.871. The van der Waals surface area contributed by atoms with Crippen molar-refractivity contribution in [2.45, 2.75) is 149 Å². The molecule has 3 aliphatic rings. The van der Waals surface area contributed by atoms with Crippen molar-refractivity contribution >= 4 is 28.4 Å². The summed E-state index contributed by atoms with van der Waals surface area (Å²) in [6, 6.07) is 0. The number of hydrogen-bond donors (Lipinski definition) is 0. The summed E-state index contributed by atoms with van der Waals surface area (Å²) in [6.07, 6.45) is 2.72. The van der Waals surface area contributed by atoms with E-state index in [1.165, 1.54) is 6.92 Å². The third-order valence-electron chi connectivity index (χ3n) is 10.4. The zero-order valence-electron chi connectivity index (χ0n) is 27.2. The van der Waals surface area contributed by atoms with Crippen LogP contribution in [-0.4, -0.2) is 57.9 Å². The number of hydrogen-bond acceptors (Lipinski definition) is 6. The van der Waals surface area contributed by atoms with Crippen molar-refractivity contribution in [1.82, 2.24) is 0 Å². The van der Waals surface area contributed by atoms with Crippen LogP contribution in [0.25, 0.3) is 0 Å². The van der Waals surface area contributed by atoms with Crippen molar-refractivity contribution in [3.8, 4) is 0 Å². The number of carbonyl (C=O) groups excluding carboxylic acids is 2. The minimum absolute atomic E-state index is 0.00191. The molecule has 8 atom stereocenters. The van der Waals surface area contributed by atoms with E-state index in [1.807, 2.05) is 13.8 Å². The van der Waals surface area contributed by atoms with Gasteiger partial charge in [0.15, 0.2) is 28.5 Å². The van der Waals surface area contributed by atoms with Crippen LogP contribution >= 0.6 is 0 Å². The lowest BCUT2D eigenvalue weighted by molar-refractivity contribution is -0.315. The molecule has 0 aromatic heterocycles. The third-order valence-corrected chi connectivity index (χ3v) is 15.8. The summed E-state index contributed by atoms with van der Waals surface area (Å²) >= 11 is 0. The third kappa shape index (κ3) is 5.54. The Morgan fingerprint density at radius 2 is 1.59 bits per heavy atom. The number of ether oxygens (including phenoxy) is 2. The molecule has 39 heavy (non-hydrogen) atoms. The molecule has 1 heterocycles. The fourth-order valence-corrected chi connectivity index (χ4v) is 10.3. The van der Waals surface area contributed by atoms with E-state index in [2.05, 4.69) is 80.9 Å². The molecule has 2 saturated carbocycles. The van der Waals surface area contributed by atoms with E-state index in [9.17, 15) is 4.79 Å². The van der Waals surface area contributed by atoms with Gasteiger partial charge in [0.1, 0.15) is 17.3 Å². The first kappa shape index (κ1) is 32.7. The Bertz CT molecular complexity index is 994. The number of esters is 1. The smallest absolute Gasteiger partial charge is 0.303 e. The summed E-state index contributed by atoms with van der Waals surface area (Å²) in [5, 5.41) is -0.0848. The standard InChI is InChI=1S/C31H56O6Si2/c1-16-30(9)25(36-39(14,15)27(3,4)5)21(33)23-29(8)19-17-18-28(6,7)24(29)22(35-38(11,12)13)26(34-20(2)32)31(23,10)37-30/h16,22-26H,1,17-19H2,2-15H3/t22-,23+,24-,25-,26-,29+,30-,31-/m0/s1. The van der Waals surface area contributed by atoms with Crippen LogP contribution in [0.5, 0.6) is 0 Å². The number of carbonyl (C=O) groups is 2. The summed E-state index contributed by atoms with van der Waals surface area (Å²) < 4.78 is 27.2. The molecule has 3 fully saturated rings. The molecule has 0 aromatic carbocycles. The van der Waals surface area contributed by atoms with Crippen molar-refractivity contribution in [2.75, 3.05) is 0 Å². The maximum absolute atomic E-state index is 15.0. The average molecular weight is 581 g/mol. The highest BCUT2D eigenvalue weighted by Crippen LogP contribution is 2.66. The summed E-state index contributed by atoms with van der Waals surface area (Å²) in [5.74, 6) is -0.868. The first-order valence-electron chi connectivity index (χ1n) is 14.8. The Morgan fingerprint density at radius 3 is 2.05 bits per heavy atom. The van der Waals surface area contributed by atoms with E-state index in [-0.39, 0.29) is 28.3 Å². The SMILES string of the molecule is C=C[C@]1(C)O[C@@]2(C)[C@H](C(=O)[C@@H]1O[Si](C)(C)C(C)(C)C)[C@@]1(C)CCCC(C)(C)[C@@H]1[C@H](O[Si](C)(C)C)[C@@H]2OC(C)=O. The second-order valence-electron chi connectivity index (χ2n) is 16.3. The normalized spacial score (nSPS) is 40.9. The van der Waals surface area contributed by atoms with Gasteiger partial charge in [0.2, 0.25) is 0 Å². The molecule has 0 amide bonds. The van der Waals surface area contributed by atoms with E-state index < -0.39 is 57.3 Å². The van der Waals surface area contributed by atoms with Crippen molar-refractivity contribution in [2.24, 2.45) is 22.7 Å². The second-order valence-corrected chi connectivity index (χ2v) is 25.5. The van der Waals surface area contributed by atoms with Crippen LogP contribution in [0.1, 0.15) is 81.6 Å². The number of rotatable bonds is 6.